The van der Waals surface area contributed by atoms with E-state index in [1.807, 2.05) is 30.3 Å². The second-order valence-electron chi connectivity index (χ2n) is 5.66. The van der Waals surface area contributed by atoms with Crippen LogP contribution in [0.1, 0.15) is 11.4 Å². The molecule has 11 heteroatoms. The van der Waals surface area contributed by atoms with Crippen LogP contribution >= 0.6 is 39.3 Å². The first-order chi connectivity index (χ1) is 14.0. The van der Waals surface area contributed by atoms with Crippen LogP contribution in [0.5, 0.6) is 5.75 Å². The number of nitrogens with zero attached hydrogens (tertiary/aromatic N) is 4. The van der Waals surface area contributed by atoms with Crippen molar-refractivity contribution in [3.8, 4) is 11.8 Å². The normalized spacial score (nSPS) is 10.4. The average molecular weight is 494 g/mol. The van der Waals surface area contributed by atoms with Crippen molar-refractivity contribution in [1.82, 2.24) is 14.9 Å². The highest BCUT2D eigenvalue weighted by Gasteiger charge is 2.13. The van der Waals surface area contributed by atoms with Gasteiger partial charge in [-0.1, -0.05) is 45.4 Å². The van der Waals surface area contributed by atoms with Gasteiger partial charge in [-0.05, 0) is 36.4 Å². The molecular weight excluding hydrogens is 480 g/mol. The lowest BCUT2D eigenvalue weighted by molar-refractivity contribution is -0.113. The lowest BCUT2D eigenvalue weighted by Gasteiger charge is -2.07. The molecule has 29 heavy (non-hydrogen) atoms. The van der Waals surface area contributed by atoms with Crippen molar-refractivity contribution >= 4 is 50.9 Å². The maximum atomic E-state index is 12.1. The van der Waals surface area contributed by atoms with Gasteiger partial charge in [0.05, 0.1) is 16.3 Å². The Hall–Kier alpha value is -2.74. The lowest BCUT2D eigenvalue weighted by atomic mass is 10.2. The zero-order valence-electron chi connectivity index (χ0n) is 14.8. The summed E-state index contributed by atoms with van der Waals surface area (Å²) in [4.78, 5) is 12.1. The Bertz CT molecular complexity index is 1080. The Morgan fingerprint density at radius 1 is 1.34 bits per heavy atom. The molecule has 0 saturated carbocycles. The topological polar surface area (TPSA) is 119 Å². The summed E-state index contributed by atoms with van der Waals surface area (Å²) < 4.78 is 7.83. The molecular formula is C18H14BrClN6O2S. The standard InChI is InChI=1S/C18H14BrClN6O2S/c19-12-2-1-3-14(6-12)28-9-16-24-25-18(26(16)22)29-10-17(27)23-13-5-4-11(8-21)15(20)7-13/h1-7H,9-10,22H2,(H,23,27). The third-order valence-corrected chi connectivity index (χ3v) is 5.35. The fraction of sp³-hybridized carbons (Fsp3) is 0.111. The molecule has 2 aromatic carbocycles. The fourth-order valence-electron chi connectivity index (χ4n) is 2.22. The zero-order chi connectivity index (χ0) is 20.8. The number of thioether (sulfide) groups is 1. The summed E-state index contributed by atoms with van der Waals surface area (Å²) >= 11 is 10.5. The molecule has 1 aromatic heterocycles. The molecule has 3 aromatic rings. The van der Waals surface area contributed by atoms with Crippen molar-refractivity contribution in [2.45, 2.75) is 11.8 Å². The van der Waals surface area contributed by atoms with Gasteiger partial charge in [-0.15, -0.1) is 10.2 Å². The van der Waals surface area contributed by atoms with E-state index in [2.05, 4.69) is 31.4 Å². The third-order valence-electron chi connectivity index (χ3n) is 3.60. The number of nitrogens with two attached hydrogens (primary N) is 1. The minimum absolute atomic E-state index is 0.0689. The Balaban J connectivity index is 1.54. The Labute approximate surface area is 184 Å². The van der Waals surface area contributed by atoms with Crippen LogP contribution in [-0.2, 0) is 11.4 Å². The van der Waals surface area contributed by atoms with Crippen molar-refractivity contribution in [1.29, 1.82) is 5.26 Å². The summed E-state index contributed by atoms with van der Waals surface area (Å²) in [6.45, 7) is 0.135. The van der Waals surface area contributed by atoms with Crippen LogP contribution in [-0.4, -0.2) is 26.5 Å². The van der Waals surface area contributed by atoms with Crippen LogP contribution < -0.4 is 15.9 Å². The number of rotatable bonds is 7. The summed E-state index contributed by atoms with van der Waals surface area (Å²) in [6, 6.07) is 14.0. The van der Waals surface area contributed by atoms with Gasteiger partial charge in [-0.2, -0.15) is 5.26 Å². The van der Waals surface area contributed by atoms with Gasteiger partial charge in [0.25, 0.3) is 0 Å². The fourth-order valence-corrected chi connectivity index (χ4v) is 3.50. The maximum absolute atomic E-state index is 12.1. The first-order valence-electron chi connectivity index (χ1n) is 8.16. The van der Waals surface area contributed by atoms with Crippen LogP contribution in [0.3, 0.4) is 0 Å². The number of ether oxygens (including phenoxy) is 1. The highest BCUT2D eigenvalue weighted by atomic mass is 79.9. The zero-order valence-corrected chi connectivity index (χ0v) is 18.0. The largest absolute Gasteiger partial charge is 0.485 e. The van der Waals surface area contributed by atoms with Crippen molar-refractivity contribution in [3.63, 3.8) is 0 Å². The molecule has 0 saturated heterocycles. The van der Waals surface area contributed by atoms with Gasteiger partial charge in [-0.3, -0.25) is 4.79 Å². The smallest absolute Gasteiger partial charge is 0.234 e. The van der Waals surface area contributed by atoms with Crippen LogP contribution in [0.15, 0.2) is 52.1 Å². The third kappa shape index (κ3) is 5.63. The number of carbonyl (C=O) groups is 1. The van der Waals surface area contributed by atoms with Crippen molar-refractivity contribution in [3.05, 3.63) is 63.3 Å². The Morgan fingerprint density at radius 3 is 2.90 bits per heavy atom. The summed E-state index contributed by atoms with van der Waals surface area (Å²) in [5.41, 5.74) is 0.838. The lowest BCUT2D eigenvalue weighted by Crippen LogP contribution is -2.18. The maximum Gasteiger partial charge on any atom is 0.234 e. The van der Waals surface area contributed by atoms with E-state index in [-0.39, 0.29) is 23.3 Å². The predicted molar refractivity (Wildman–Crippen MR) is 114 cm³/mol. The number of halogens is 2. The number of carbonyl (C=O) groups excluding carboxylic acids is 1. The predicted octanol–water partition coefficient (Wildman–Crippen LogP) is 3.59. The number of aromatic nitrogens is 3. The average Bonchev–Trinajstić information content (AvgIpc) is 3.04. The van der Waals surface area contributed by atoms with Gasteiger partial charge in [0.15, 0.2) is 5.82 Å². The molecule has 1 amide bonds. The van der Waals surface area contributed by atoms with Crippen molar-refractivity contribution < 1.29 is 9.53 Å². The number of nitrogens with one attached hydrogen (secondary N) is 1. The van der Waals surface area contributed by atoms with Gasteiger partial charge in [-0.25, -0.2) is 4.68 Å². The number of hydrogen-bond donors (Lipinski definition) is 2. The molecule has 0 radical (unpaired) electrons. The summed E-state index contributed by atoms with van der Waals surface area (Å²) in [5, 5.41) is 20.2. The first-order valence-corrected chi connectivity index (χ1v) is 10.3. The highest BCUT2D eigenvalue weighted by molar-refractivity contribution is 9.10. The number of anilines is 1. The number of nitrogen functional groups attached to an aromatic ring is 1. The molecule has 3 N–H and O–H groups in total. The summed E-state index contributed by atoms with van der Waals surface area (Å²) in [5.74, 6) is 6.87. The van der Waals surface area contributed by atoms with Gasteiger partial charge in [0.1, 0.15) is 18.4 Å². The van der Waals surface area contributed by atoms with Gasteiger partial charge < -0.3 is 15.9 Å². The molecule has 0 aliphatic carbocycles. The molecule has 148 valence electrons. The van der Waals surface area contributed by atoms with E-state index < -0.39 is 0 Å². The van der Waals surface area contributed by atoms with E-state index in [4.69, 9.17) is 27.4 Å². The molecule has 0 atom stereocenters. The minimum Gasteiger partial charge on any atom is -0.485 e. The van der Waals surface area contributed by atoms with Gasteiger partial charge >= 0.3 is 0 Å². The molecule has 0 aliphatic rings. The van der Waals surface area contributed by atoms with Gasteiger partial charge in [0.2, 0.25) is 11.1 Å². The van der Waals surface area contributed by atoms with Crippen LogP contribution in [0, 0.1) is 11.3 Å². The van der Waals surface area contributed by atoms with Crippen LogP contribution in [0.4, 0.5) is 5.69 Å². The summed E-state index contributed by atoms with van der Waals surface area (Å²) in [6.07, 6.45) is 0. The van der Waals surface area contributed by atoms with E-state index in [0.29, 0.717) is 28.0 Å². The Morgan fingerprint density at radius 2 is 2.17 bits per heavy atom. The van der Waals surface area contributed by atoms with E-state index in [1.165, 1.54) is 10.7 Å². The second-order valence-corrected chi connectivity index (χ2v) is 7.92. The SMILES string of the molecule is N#Cc1ccc(NC(=O)CSc2nnc(COc3cccc(Br)c3)n2N)cc1Cl. The quantitative estimate of drug-likeness (QED) is 0.381. The second kappa shape index (κ2) is 9.65. The Kier molecular flexibility index (Phi) is 6.98. The van der Waals surface area contributed by atoms with Crippen molar-refractivity contribution in [2.24, 2.45) is 0 Å². The van der Waals surface area contributed by atoms with E-state index in [9.17, 15) is 4.79 Å². The minimum atomic E-state index is -0.272. The number of hydrogen-bond acceptors (Lipinski definition) is 7. The number of nitriles is 1. The molecule has 0 aliphatic heterocycles. The molecule has 0 fully saturated rings. The molecule has 1 heterocycles. The van der Waals surface area contributed by atoms with Crippen molar-refractivity contribution in [2.75, 3.05) is 16.9 Å². The van der Waals surface area contributed by atoms with Gasteiger partial charge in [0, 0.05) is 10.2 Å². The van der Waals surface area contributed by atoms with E-state index in [1.54, 1.807) is 12.1 Å². The monoisotopic (exact) mass is 492 g/mol. The molecule has 0 bridgehead atoms. The van der Waals surface area contributed by atoms with Crippen LogP contribution in [0.25, 0.3) is 0 Å². The molecule has 0 unspecified atom stereocenters. The number of benzene rings is 2. The molecule has 0 spiro atoms. The highest BCUT2D eigenvalue weighted by Crippen LogP contribution is 2.22. The molecule has 8 nitrogen and oxygen atoms in total. The number of amides is 1. The first kappa shape index (κ1) is 21.0. The van der Waals surface area contributed by atoms with E-state index in [0.717, 1.165) is 16.2 Å². The molecule has 3 rings (SSSR count). The van der Waals surface area contributed by atoms with Crippen LogP contribution in [0.2, 0.25) is 5.02 Å². The van der Waals surface area contributed by atoms with E-state index >= 15 is 0 Å². The summed E-state index contributed by atoms with van der Waals surface area (Å²) in [7, 11) is 0.